The zero-order valence-electron chi connectivity index (χ0n) is 12.2. The number of aryl methyl sites for hydroxylation is 1. The fourth-order valence-corrected chi connectivity index (χ4v) is 2.97. The highest BCUT2D eigenvalue weighted by molar-refractivity contribution is 7.99. The van der Waals surface area contributed by atoms with Gasteiger partial charge in [-0.15, -0.1) is 11.8 Å². The summed E-state index contributed by atoms with van der Waals surface area (Å²) >= 11 is 1.89. The molecule has 0 radical (unpaired) electrons. The van der Waals surface area contributed by atoms with E-state index < -0.39 is 0 Å². The van der Waals surface area contributed by atoms with Gasteiger partial charge in [-0.05, 0) is 49.7 Å². The third-order valence-electron chi connectivity index (χ3n) is 3.24. The third-order valence-corrected chi connectivity index (χ3v) is 4.26. The van der Waals surface area contributed by atoms with Crippen LogP contribution >= 0.6 is 11.8 Å². The molecule has 1 aromatic carbocycles. The topological polar surface area (TPSA) is 24.9 Å². The standard InChI is InChI=1S/C17H22N2S/c1-3-18-14(2)15-7-9-17(10-8-15)20-13-11-16-6-4-5-12-19-16/h4-10,12,14,18H,3,11,13H2,1-2H3. The fourth-order valence-electron chi connectivity index (χ4n) is 2.10. The molecule has 0 fully saturated rings. The van der Waals surface area contributed by atoms with Crippen LogP contribution in [0.4, 0.5) is 0 Å². The van der Waals surface area contributed by atoms with Crippen molar-refractivity contribution in [2.45, 2.75) is 31.2 Å². The van der Waals surface area contributed by atoms with Gasteiger partial charge in [0.25, 0.3) is 0 Å². The highest BCUT2D eigenvalue weighted by Gasteiger charge is 2.03. The Labute approximate surface area is 126 Å². The van der Waals surface area contributed by atoms with Crippen molar-refractivity contribution in [3.8, 4) is 0 Å². The molecule has 3 heteroatoms. The zero-order valence-corrected chi connectivity index (χ0v) is 13.0. The van der Waals surface area contributed by atoms with Crippen molar-refractivity contribution >= 4 is 11.8 Å². The first-order valence-electron chi connectivity index (χ1n) is 7.15. The summed E-state index contributed by atoms with van der Waals surface area (Å²) in [6, 6.07) is 15.4. The van der Waals surface area contributed by atoms with Crippen LogP contribution in [0.2, 0.25) is 0 Å². The summed E-state index contributed by atoms with van der Waals surface area (Å²) in [5.41, 5.74) is 2.51. The molecule has 0 aliphatic rings. The molecule has 0 amide bonds. The Hall–Kier alpha value is -1.32. The van der Waals surface area contributed by atoms with E-state index in [1.54, 1.807) is 0 Å². The van der Waals surface area contributed by atoms with Gasteiger partial charge in [-0.2, -0.15) is 0 Å². The van der Waals surface area contributed by atoms with Crippen LogP contribution in [0.1, 0.15) is 31.1 Å². The van der Waals surface area contributed by atoms with E-state index in [0.717, 1.165) is 24.4 Å². The molecule has 0 aliphatic carbocycles. The van der Waals surface area contributed by atoms with E-state index in [-0.39, 0.29) is 0 Å². The number of nitrogens with zero attached hydrogens (tertiary/aromatic N) is 1. The lowest BCUT2D eigenvalue weighted by Crippen LogP contribution is -2.17. The van der Waals surface area contributed by atoms with E-state index in [1.807, 2.05) is 30.1 Å². The van der Waals surface area contributed by atoms with Crippen molar-refractivity contribution in [2.24, 2.45) is 0 Å². The van der Waals surface area contributed by atoms with E-state index in [2.05, 4.69) is 54.5 Å². The van der Waals surface area contributed by atoms with E-state index in [9.17, 15) is 0 Å². The molecule has 2 aromatic rings. The molecule has 106 valence electrons. The predicted octanol–water partition coefficient (Wildman–Crippen LogP) is 4.09. The van der Waals surface area contributed by atoms with Gasteiger partial charge in [0.1, 0.15) is 0 Å². The number of aromatic nitrogens is 1. The van der Waals surface area contributed by atoms with Gasteiger partial charge in [-0.3, -0.25) is 4.98 Å². The van der Waals surface area contributed by atoms with Crippen molar-refractivity contribution in [1.29, 1.82) is 0 Å². The number of thioether (sulfide) groups is 1. The molecule has 0 saturated carbocycles. The lowest BCUT2D eigenvalue weighted by atomic mass is 10.1. The summed E-state index contributed by atoms with van der Waals surface area (Å²) in [4.78, 5) is 5.67. The molecular formula is C17H22N2S. The predicted molar refractivity (Wildman–Crippen MR) is 87.2 cm³/mol. The van der Waals surface area contributed by atoms with E-state index in [0.29, 0.717) is 6.04 Å². The van der Waals surface area contributed by atoms with Crippen LogP contribution < -0.4 is 5.32 Å². The molecule has 0 spiro atoms. The Balaban J connectivity index is 1.82. The number of hydrogen-bond donors (Lipinski definition) is 1. The maximum Gasteiger partial charge on any atom is 0.0411 e. The molecule has 0 bridgehead atoms. The Kier molecular flexibility index (Phi) is 6.09. The molecule has 1 unspecified atom stereocenters. The summed E-state index contributed by atoms with van der Waals surface area (Å²) in [6.07, 6.45) is 2.87. The minimum atomic E-state index is 0.424. The summed E-state index contributed by atoms with van der Waals surface area (Å²) in [6.45, 7) is 5.34. The van der Waals surface area contributed by atoms with Crippen LogP contribution in [-0.4, -0.2) is 17.3 Å². The number of hydrogen-bond acceptors (Lipinski definition) is 3. The van der Waals surface area contributed by atoms with Crippen LogP contribution in [0.5, 0.6) is 0 Å². The van der Waals surface area contributed by atoms with E-state index in [4.69, 9.17) is 0 Å². The number of nitrogens with one attached hydrogen (secondary N) is 1. The second kappa shape index (κ2) is 8.08. The Morgan fingerprint density at radius 1 is 1.15 bits per heavy atom. The second-order valence-corrected chi connectivity index (χ2v) is 5.94. The monoisotopic (exact) mass is 286 g/mol. The quantitative estimate of drug-likeness (QED) is 0.776. The minimum Gasteiger partial charge on any atom is -0.310 e. The minimum absolute atomic E-state index is 0.424. The highest BCUT2D eigenvalue weighted by Crippen LogP contribution is 2.21. The molecule has 1 N–H and O–H groups in total. The van der Waals surface area contributed by atoms with Gasteiger partial charge in [0, 0.05) is 28.6 Å². The maximum atomic E-state index is 4.35. The zero-order chi connectivity index (χ0) is 14.2. The first kappa shape index (κ1) is 15.1. The Morgan fingerprint density at radius 3 is 2.60 bits per heavy atom. The average Bonchev–Trinajstić information content (AvgIpc) is 2.49. The molecule has 1 atom stereocenters. The average molecular weight is 286 g/mol. The summed E-state index contributed by atoms with van der Waals surface area (Å²) in [5.74, 6) is 1.07. The van der Waals surface area contributed by atoms with Crippen molar-refractivity contribution in [3.05, 3.63) is 59.9 Å². The summed E-state index contributed by atoms with van der Waals surface area (Å²) in [7, 11) is 0. The Bertz CT molecular complexity index is 496. The van der Waals surface area contributed by atoms with Crippen LogP contribution in [-0.2, 0) is 6.42 Å². The van der Waals surface area contributed by atoms with Gasteiger partial charge >= 0.3 is 0 Å². The highest BCUT2D eigenvalue weighted by atomic mass is 32.2. The van der Waals surface area contributed by atoms with Gasteiger partial charge in [0.15, 0.2) is 0 Å². The molecule has 1 aromatic heterocycles. The van der Waals surface area contributed by atoms with Crippen LogP contribution in [0.3, 0.4) is 0 Å². The first-order chi connectivity index (χ1) is 9.79. The van der Waals surface area contributed by atoms with Crippen molar-refractivity contribution in [1.82, 2.24) is 10.3 Å². The van der Waals surface area contributed by atoms with E-state index >= 15 is 0 Å². The lowest BCUT2D eigenvalue weighted by Gasteiger charge is -2.13. The third kappa shape index (κ3) is 4.66. The lowest BCUT2D eigenvalue weighted by molar-refractivity contribution is 0.598. The molecule has 2 nitrogen and oxygen atoms in total. The molecular weight excluding hydrogens is 264 g/mol. The molecule has 1 heterocycles. The summed E-state index contributed by atoms with van der Waals surface area (Å²) < 4.78 is 0. The molecule has 2 rings (SSSR count). The van der Waals surface area contributed by atoms with Crippen molar-refractivity contribution in [2.75, 3.05) is 12.3 Å². The summed E-state index contributed by atoms with van der Waals surface area (Å²) in [5, 5.41) is 3.43. The van der Waals surface area contributed by atoms with Gasteiger partial charge in [-0.1, -0.05) is 25.1 Å². The molecule has 20 heavy (non-hydrogen) atoms. The van der Waals surface area contributed by atoms with E-state index in [1.165, 1.54) is 10.5 Å². The maximum absolute atomic E-state index is 4.35. The van der Waals surface area contributed by atoms with Gasteiger partial charge in [0.05, 0.1) is 0 Å². The molecule has 0 saturated heterocycles. The first-order valence-corrected chi connectivity index (χ1v) is 8.14. The number of benzene rings is 1. The van der Waals surface area contributed by atoms with Crippen LogP contribution in [0.25, 0.3) is 0 Å². The normalized spacial score (nSPS) is 12.3. The molecule has 0 aliphatic heterocycles. The fraction of sp³-hybridized carbons (Fsp3) is 0.353. The Morgan fingerprint density at radius 2 is 1.95 bits per heavy atom. The van der Waals surface area contributed by atoms with Crippen molar-refractivity contribution < 1.29 is 0 Å². The van der Waals surface area contributed by atoms with Gasteiger partial charge in [-0.25, -0.2) is 0 Å². The van der Waals surface area contributed by atoms with Crippen LogP contribution in [0, 0.1) is 0 Å². The smallest absolute Gasteiger partial charge is 0.0411 e. The number of rotatable bonds is 7. The van der Waals surface area contributed by atoms with Crippen LogP contribution in [0.15, 0.2) is 53.6 Å². The largest absolute Gasteiger partial charge is 0.310 e. The van der Waals surface area contributed by atoms with Crippen molar-refractivity contribution in [3.63, 3.8) is 0 Å². The number of pyridine rings is 1. The van der Waals surface area contributed by atoms with Gasteiger partial charge in [0.2, 0.25) is 0 Å². The second-order valence-electron chi connectivity index (χ2n) is 4.77. The SMILES string of the molecule is CCNC(C)c1ccc(SCCc2ccccn2)cc1. The van der Waals surface area contributed by atoms with Gasteiger partial charge < -0.3 is 5.32 Å².